The third-order valence-corrected chi connectivity index (χ3v) is 6.23. The molecule has 0 heterocycles. The van der Waals surface area contributed by atoms with E-state index in [0.717, 1.165) is 6.42 Å². The molecule has 0 N–H and O–H groups in total. The standard InChI is InChI=1S/C21H25.C11H9.C2H4.2ClH.Hf/c1-20(2,3)16-7-9-18-14(12-16)11-15-13-17(21(4,5)6)8-10-19(15)18;1-2-6-10(7-3-1)11-8-4-5-9-11;1-2;;;/h7-10,12H,11H2,1-6H3;1-9H;1-2H2;2*1H;/q2*-1;;;;+4/p-2. The molecular weight excluding hydrogens is 658 g/mol. The minimum Gasteiger partial charge on any atom is -1.00 e. The van der Waals surface area contributed by atoms with Crippen molar-refractivity contribution in [3.63, 3.8) is 0 Å². The minimum atomic E-state index is 0. The van der Waals surface area contributed by atoms with Gasteiger partial charge in [-0.3, -0.25) is 0 Å². The van der Waals surface area contributed by atoms with Gasteiger partial charge in [-0.2, -0.15) is 47.5 Å². The van der Waals surface area contributed by atoms with Gasteiger partial charge in [-0.25, -0.2) is 6.07 Å². The predicted molar refractivity (Wildman–Crippen MR) is 150 cm³/mol. The molecular formula is C34H38Cl2Hf. The molecule has 1 aliphatic carbocycles. The first-order chi connectivity index (χ1) is 16.1. The van der Waals surface area contributed by atoms with Crippen LogP contribution in [-0.2, 0) is 43.1 Å². The molecule has 0 nitrogen and oxygen atoms in total. The van der Waals surface area contributed by atoms with Gasteiger partial charge in [0.1, 0.15) is 0 Å². The van der Waals surface area contributed by atoms with Crippen LogP contribution in [0.4, 0.5) is 0 Å². The smallest absolute Gasteiger partial charge is 1.00 e. The van der Waals surface area contributed by atoms with E-state index in [4.69, 9.17) is 0 Å². The molecule has 0 fully saturated rings. The molecule has 0 bridgehead atoms. The Kier molecular flexibility index (Phi) is 14.2. The van der Waals surface area contributed by atoms with E-state index in [9.17, 15) is 0 Å². The Hall–Kier alpha value is -1.80. The van der Waals surface area contributed by atoms with E-state index in [1.807, 2.05) is 6.07 Å². The average molecular weight is 696 g/mol. The fraction of sp³-hybridized carbons (Fsp3) is 0.265. The van der Waals surface area contributed by atoms with Gasteiger partial charge in [-0.1, -0.05) is 101 Å². The van der Waals surface area contributed by atoms with Crippen LogP contribution in [0, 0.1) is 6.07 Å². The molecule has 0 amide bonds. The molecule has 0 saturated heterocycles. The second kappa shape index (κ2) is 15.0. The van der Waals surface area contributed by atoms with Crippen LogP contribution in [0.3, 0.4) is 0 Å². The molecule has 1 aliphatic rings. The van der Waals surface area contributed by atoms with Crippen LogP contribution in [0.2, 0.25) is 0 Å². The van der Waals surface area contributed by atoms with Crippen molar-refractivity contribution in [2.45, 2.75) is 58.8 Å². The summed E-state index contributed by atoms with van der Waals surface area (Å²) in [5.41, 5.74) is 11.3. The summed E-state index contributed by atoms with van der Waals surface area (Å²) in [6.07, 6.45) is 1.03. The zero-order chi connectivity index (χ0) is 24.9. The van der Waals surface area contributed by atoms with Crippen molar-refractivity contribution in [3.05, 3.63) is 126 Å². The fourth-order valence-electron chi connectivity index (χ4n) is 4.22. The topological polar surface area (TPSA) is 0 Å². The summed E-state index contributed by atoms with van der Waals surface area (Å²) < 4.78 is 0. The number of halogens is 2. The Labute approximate surface area is 256 Å². The molecule has 0 aliphatic heterocycles. The van der Waals surface area contributed by atoms with Crippen LogP contribution in [-0.4, -0.2) is 0 Å². The van der Waals surface area contributed by atoms with Crippen LogP contribution >= 0.6 is 0 Å². The molecule has 0 atom stereocenters. The molecule has 0 radical (unpaired) electrons. The fourth-order valence-corrected chi connectivity index (χ4v) is 4.22. The maximum absolute atomic E-state index is 3.67. The third-order valence-electron chi connectivity index (χ3n) is 6.23. The van der Waals surface area contributed by atoms with Crippen molar-refractivity contribution in [2.75, 3.05) is 0 Å². The van der Waals surface area contributed by atoms with E-state index >= 15 is 0 Å². The minimum absolute atomic E-state index is 0. The van der Waals surface area contributed by atoms with Crippen LogP contribution < -0.4 is 24.8 Å². The van der Waals surface area contributed by atoms with Crippen molar-refractivity contribution in [1.29, 1.82) is 0 Å². The summed E-state index contributed by atoms with van der Waals surface area (Å²) in [4.78, 5) is 0. The molecule has 0 unspecified atom stereocenters. The van der Waals surface area contributed by atoms with E-state index in [2.05, 4.69) is 140 Å². The van der Waals surface area contributed by atoms with Gasteiger partial charge >= 0.3 is 25.8 Å². The number of hydrogen-bond acceptors (Lipinski definition) is 0. The Morgan fingerprint density at radius 2 is 1.35 bits per heavy atom. The Morgan fingerprint density at radius 3 is 1.89 bits per heavy atom. The maximum atomic E-state index is 3.67. The first kappa shape index (κ1) is 35.2. The average Bonchev–Trinajstić information content (AvgIpc) is 3.47. The van der Waals surface area contributed by atoms with Gasteiger partial charge in [-0.05, 0) is 28.4 Å². The predicted octanol–water partition coefficient (Wildman–Crippen LogP) is 3.53. The van der Waals surface area contributed by atoms with Gasteiger partial charge < -0.3 is 24.8 Å². The molecule has 4 aromatic rings. The van der Waals surface area contributed by atoms with Crippen molar-refractivity contribution < 1.29 is 50.7 Å². The number of hydrogen-bond donors (Lipinski definition) is 0. The van der Waals surface area contributed by atoms with Gasteiger partial charge in [0.2, 0.25) is 0 Å². The molecule has 0 saturated carbocycles. The zero-order valence-electron chi connectivity index (χ0n) is 23.0. The van der Waals surface area contributed by atoms with E-state index in [0.29, 0.717) is 0 Å². The van der Waals surface area contributed by atoms with Gasteiger partial charge in [0.15, 0.2) is 0 Å². The normalized spacial score (nSPS) is 11.0. The molecule has 3 heteroatoms. The summed E-state index contributed by atoms with van der Waals surface area (Å²) in [6.45, 7) is 19.6. The van der Waals surface area contributed by atoms with E-state index in [-0.39, 0.29) is 61.5 Å². The molecule has 4 aromatic carbocycles. The number of rotatable bonds is 1. The maximum Gasteiger partial charge on any atom is 4.00 e. The summed E-state index contributed by atoms with van der Waals surface area (Å²) in [7, 11) is 0. The first-order valence-corrected chi connectivity index (χ1v) is 12.1. The van der Waals surface area contributed by atoms with Crippen molar-refractivity contribution >= 4 is 0 Å². The number of benzene rings is 3. The third kappa shape index (κ3) is 8.88. The molecule has 192 valence electrons. The Morgan fingerprint density at radius 1 is 0.730 bits per heavy atom. The second-order valence-corrected chi connectivity index (χ2v) is 10.9. The van der Waals surface area contributed by atoms with Gasteiger partial charge in [0.05, 0.1) is 0 Å². The monoisotopic (exact) mass is 696 g/mol. The van der Waals surface area contributed by atoms with Crippen LogP contribution in [0.5, 0.6) is 0 Å². The largest absolute Gasteiger partial charge is 4.00 e. The van der Waals surface area contributed by atoms with Crippen molar-refractivity contribution in [3.8, 4) is 22.3 Å². The van der Waals surface area contributed by atoms with E-state index < -0.39 is 0 Å². The van der Waals surface area contributed by atoms with E-state index in [1.54, 1.807) is 0 Å². The molecule has 0 spiro atoms. The van der Waals surface area contributed by atoms with E-state index in [1.165, 1.54) is 44.5 Å². The molecule has 0 aromatic heterocycles. The van der Waals surface area contributed by atoms with Crippen molar-refractivity contribution in [2.24, 2.45) is 0 Å². The van der Waals surface area contributed by atoms with Gasteiger partial charge in [0, 0.05) is 0 Å². The summed E-state index contributed by atoms with van der Waals surface area (Å²) >= 11 is 0. The Balaban J connectivity index is 0.000000694. The second-order valence-electron chi connectivity index (χ2n) is 10.9. The van der Waals surface area contributed by atoms with Gasteiger partial charge in [0.25, 0.3) is 0 Å². The SMILES string of the molecule is C=C.CC(C)(C)c1[c-]c2c(cc1)-c1ccc(C(C)(C)C)cc1C2.[Cl-].[Cl-].[Hf+4].c1ccc(-c2cc[cH-]c2)cc1. The zero-order valence-corrected chi connectivity index (χ0v) is 28.1. The quantitative estimate of drug-likeness (QED) is 0.143. The van der Waals surface area contributed by atoms with Crippen LogP contribution in [0.25, 0.3) is 22.3 Å². The number of fused-ring (bicyclic) bond motifs is 3. The van der Waals surface area contributed by atoms with Crippen LogP contribution in [0.1, 0.15) is 63.8 Å². The molecule has 37 heavy (non-hydrogen) atoms. The molecule has 5 rings (SSSR count). The summed E-state index contributed by atoms with van der Waals surface area (Å²) in [5.74, 6) is 0. The Bertz CT molecular complexity index is 1150. The van der Waals surface area contributed by atoms with Gasteiger partial charge in [-0.15, -0.1) is 24.3 Å². The summed E-state index contributed by atoms with van der Waals surface area (Å²) in [5, 5.41) is 0. The first-order valence-electron chi connectivity index (χ1n) is 12.1. The van der Waals surface area contributed by atoms with Crippen LogP contribution in [0.15, 0.2) is 98.1 Å². The van der Waals surface area contributed by atoms with Crippen molar-refractivity contribution in [1.82, 2.24) is 0 Å². The summed E-state index contributed by atoms with van der Waals surface area (Å²) in [6, 6.07) is 33.9.